The molecule has 0 radical (unpaired) electrons. The van der Waals surface area contributed by atoms with E-state index in [9.17, 15) is 14.4 Å². The molecule has 0 aromatic heterocycles. The Morgan fingerprint density at radius 1 is 1.06 bits per heavy atom. The van der Waals surface area contributed by atoms with Crippen LogP contribution in [-0.4, -0.2) is 36.4 Å². The van der Waals surface area contributed by atoms with Crippen LogP contribution in [0.2, 0.25) is 0 Å². The number of amides is 4. The number of halogens is 1. The molecule has 9 heteroatoms. The molecule has 184 valence electrons. The number of hydrogen-bond donors (Lipinski definition) is 2. The van der Waals surface area contributed by atoms with E-state index < -0.39 is 24.4 Å². The van der Waals surface area contributed by atoms with Gasteiger partial charge in [-0.25, -0.2) is 9.69 Å². The van der Waals surface area contributed by atoms with Crippen molar-refractivity contribution in [3.05, 3.63) is 93.6 Å². The molecule has 0 bridgehead atoms. The molecule has 0 unspecified atom stereocenters. The molecule has 0 atom stereocenters. The average molecular weight is 550 g/mol. The molecule has 8 nitrogen and oxygen atoms in total. The number of carbonyl (C=O) groups excluding carboxylic acids is 3. The first-order valence-corrected chi connectivity index (χ1v) is 11.9. The largest absolute Gasteiger partial charge is 0.493 e. The van der Waals surface area contributed by atoms with Crippen molar-refractivity contribution in [2.45, 2.75) is 13.5 Å². The topological polar surface area (TPSA) is 97.0 Å². The zero-order valence-electron chi connectivity index (χ0n) is 19.7. The first-order chi connectivity index (χ1) is 17.3. The van der Waals surface area contributed by atoms with Crippen molar-refractivity contribution in [2.75, 3.05) is 19.0 Å². The lowest BCUT2D eigenvalue weighted by atomic mass is 10.1. The number of aryl methyl sites for hydroxylation is 1. The minimum absolute atomic E-state index is 0.0454. The van der Waals surface area contributed by atoms with E-state index in [4.69, 9.17) is 9.47 Å². The van der Waals surface area contributed by atoms with Crippen LogP contribution < -0.4 is 20.1 Å². The first kappa shape index (κ1) is 25.0. The van der Waals surface area contributed by atoms with Gasteiger partial charge in [0.2, 0.25) is 5.91 Å². The smallest absolute Gasteiger partial charge is 0.329 e. The molecule has 4 rings (SSSR count). The quantitative estimate of drug-likeness (QED) is 0.308. The zero-order valence-corrected chi connectivity index (χ0v) is 21.3. The third-order valence-corrected chi connectivity index (χ3v) is 6.07. The summed E-state index contributed by atoms with van der Waals surface area (Å²) in [6.45, 7) is 1.85. The molecule has 1 aliphatic heterocycles. The maximum Gasteiger partial charge on any atom is 0.329 e. The van der Waals surface area contributed by atoms with Gasteiger partial charge in [-0.1, -0.05) is 58.4 Å². The van der Waals surface area contributed by atoms with Crippen LogP contribution in [0.1, 0.15) is 16.7 Å². The Kier molecular flexibility index (Phi) is 7.70. The van der Waals surface area contributed by atoms with E-state index in [1.54, 1.807) is 24.3 Å². The number of benzene rings is 3. The highest BCUT2D eigenvalue weighted by atomic mass is 79.9. The van der Waals surface area contributed by atoms with Crippen LogP contribution in [0.3, 0.4) is 0 Å². The number of carbonyl (C=O) groups is 3. The van der Waals surface area contributed by atoms with E-state index in [0.717, 1.165) is 16.0 Å². The summed E-state index contributed by atoms with van der Waals surface area (Å²) >= 11 is 3.50. The lowest BCUT2D eigenvalue weighted by Crippen LogP contribution is -2.38. The number of nitrogens with one attached hydrogen (secondary N) is 2. The molecule has 0 spiro atoms. The van der Waals surface area contributed by atoms with Gasteiger partial charge < -0.3 is 20.1 Å². The fourth-order valence-corrected chi connectivity index (χ4v) is 4.04. The van der Waals surface area contributed by atoms with E-state index >= 15 is 0 Å². The van der Waals surface area contributed by atoms with Crippen LogP contribution in [0, 0.1) is 6.92 Å². The van der Waals surface area contributed by atoms with Crippen molar-refractivity contribution in [2.24, 2.45) is 0 Å². The Balaban J connectivity index is 1.47. The summed E-state index contributed by atoms with van der Waals surface area (Å²) in [7, 11) is 1.52. The molecule has 4 amide bonds. The van der Waals surface area contributed by atoms with Gasteiger partial charge in [0.15, 0.2) is 11.5 Å². The Morgan fingerprint density at radius 3 is 2.56 bits per heavy atom. The minimum Gasteiger partial charge on any atom is -0.493 e. The van der Waals surface area contributed by atoms with Gasteiger partial charge in [-0.2, -0.15) is 0 Å². The number of rotatable bonds is 8. The normalized spacial score (nSPS) is 14.1. The van der Waals surface area contributed by atoms with E-state index in [1.165, 1.54) is 13.2 Å². The molecular formula is C27H24BrN3O5. The highest BCUT2D eigenvalue weighted by molar-refractivity contribution is 9.10. The van der Waals surface area contributed by atoms with Crippen molar-refractivity contribution in [1.29, 1.82) is 0 Å². The summed E-state index contributed by atoms with van der Waals surface area (Å²) in [5.41, 5.74) is 3.21. The molecule has 3 aromatic carbocycles. The number of imide groups is 1. The van der Waals surface area contributed by atoms with Crippen molar-refractivity contribution >= 4 is 45.5 Å². The number of anilines is 1. The minimum atomic E-state index is -0.670. The van der Waals surface area contributed by atoms with E-state index in [2.05, 4.69) is 26.6 Å². The lowest BCUT2D eigenvalue weighted by Gasteiger charge is -2.13. The second-order valence-corrected chi connectivity index (χ2v) is 8.95. The number of nitrogens with zero attached hydrogens (tertiary/aromatic N) is 1. The lowest BCUT2D eigenvalue weighted by molar-refractivity contribution is -0.127. The van der Waals surface area contributed by atoms with Gasteiger partial charge in [0.05, 0.1) is 7.11 Å². The SMILES string of the molecule is COc1cc(/C=C2/NC(=O)N(CC(=O)Nc3cccc(C)c3)C2=O)c(Br)cc1OCc1ccccc1. The second kappa shape index (κ2) is 11.1. The summed E-state index contributed by atoms with van der Waals surface area (Å²) < 4.78 is 12.0. The Hall–Kier alpha value is -4.11. The molecule has 1 fully saturated rings. The fourth-order valence-electron chi connectivity index (χ4n) is 3.61. The van der Waals surface area contributed by atoms with E-state index in [0.29, 0.717) is 33.8 Å². The number of ether oxygens (including phenoxy) is 2. The third kappa shape index (κ3) is 5.92. The summed E-state index contributed by atoms with van der Waals surface area (Å²) in [6.07, 6.45) is 1.52. The van der Waals surface area contributed by atoms with Gasteiger partial charge in [-0.05, 0) is 54.0 Å². The maximum atomic E-state index is 12.9. The van der Waals surface area contributed by atoms with E-state index in [-0.39, 0.29) is 5.70 Å². The molecule has 0 saturated carbocycles. The second-order valence-electron chi connectivity index (χ2n) is 8.10. The number of hydrogen-bond acceptors (Lipinski definition) is 5. The van der Waals surface area contributed by atoms with Crippen molar-refractivity contribution in [1.82, 2.24) is 10.2 Å². The predicted molar refractivity (Wildman–Crippen MR) is 139 cm³/mol. The van der Waals surface area contributed by atoms with E-state index in [1.807, 2.05) is 49.4 Å². The molecule has 36 heavy (non-hydrogen) atoms. The van der Waals surface area contributed by atoms with Gasteiger partial charge in [-0.3, -0.25) is 9.59 Å². The molecule has 1 saturated heterocycles. The van der Waals surface area contributed by atoms with Crippen LogP contribution >= 0.6 is 15.9 Å². The van der Waals surface area contributed by atoms with Crippen LogP contribution in [0.15, 0.2) is 76.9 Å². The van der Waals surface area contributed by atoms with Gasteiger partial charge in [0.25, 0.3) is 5.91 Å². The molecule has 1 heterocycles. The van der Waals surface area contributed by atoms with Crippen LogP contribution in [0.25, 0.3) is 6.08 Å². The molecule has 0 aliphatic carbocycles. The molecular weight excluding hydrogens is 526 g/mol. The Morgan fingerprint density at radius 2 is 1.83 bits per heavy atom. The van der Waals surface area contributed by atoms with Gasteiger partial charge in [0, 0.05) is 10.2 Å². The van der Waals surface area contributed by atoms with Crippen molar-refractivity contribution < 1.29 is 23.9 Å². The molecule has 1 aliphatic rings. The number of methoxy groups -OCH3 is 1. The Bertz CT molecular complexity index is 1340. The summed E-state index contributed by atoms with van der Waals surface area (Å²) in [5.74, 6) is -0.0958. The average Bonchev–Trinajstić information content (AvgIpc) is 3.12. The Labute approximate surface area is 217 Å². The standard InChI is InChI=1S/C27H24BrN3O5/c1-17-7-6-10-20(11-17)29-25(32)15-31-26(33)22(30-27(31)34)12-19-13-23(35-2)24(14-21(19)28)36-16-18-8-4-3-5-9-18/h3-14H,15-16H2,1-2H3,(H,29,32)(H,30,34)/b22-12+. The van der Waals surface area contributed by atoms with Crippen molar-refractivity contribution in [3.8, 4) is 11.5 Å². The summed E-state index contributed by atoms with van der Waals surface area (Å²) in [5, 5.41) is 5.23. The highest BCUT2D eigenvalue weighted by Crippen LogP contribution is 2.35. The maximum absolute atomic E-state index is 12.9. The van der Waals surface area contributed by atoms with Gasteiger partial charge in [-0.15, -0.1) is 0 Å². The fraction of sp³-hybridized carbons (Fsp3) is 0.148. The van der Waals surface area contributed by atoms with Crippen molar-refractivity contribution in [3.63, 3.8) is 0 Å². The first-order valence-electron chi connectivity index (χ1n) is 11.1. The highest BCUT2D eigenvalue weighted by Gasteiger charge is 2.35. The van der Waals surface area contributed by atoms with Gasteiger partial charge in [0.1, 0.15) is 18.8 Å². The predicted octanol–water partition coefficient (Wildman–Crippen LogP) is 4.88. The molecule has 2 N–H and O–H groups in total. The van der Waals surface area contributed by atoms with Crippen LogP contribution in [-0.2, 0) is 16.2 Å². The summed E-state index contributed by atoms with van der Waals surface area (Å²) in [4.78, 5) is 38.6. The third-order valence-electron chi connectivity index (χ3n) is 5.39. The van der Waals surface area contributed by atoms with Crippen LogP contribution in [0.5, 0.6) is 11.5 Å². The summed E-state index contributed by atoms with van der Waals surface area (Å²) in [6, 6.07) is 19.7. The number of urea groups is 1. The molecule has 3 aromatic rings. The van der Waals surface area contributed by atoms with Crippen LogP contribution in [0.4, 0.5) is 10.5 Å². The monoisotopic (exact) mass is 549 g/mol. The zero-order chi connectivity index (χ0) is 25.7. The van der Waals surface area contributed by atoms with Gasteiger partial charge >= 0.3 is 6.03 Å².